The first-order valence-corrected chi connectivity index (χ1v) is 4.79. The van der Waals surface area contributed by atoms with Gasteiger partial charge in [0, 0.05) is 12.4 Å². The molecule has 0 spiro atoms. The molecule has 0 bridgehead atoms. The van der Waals surface area contributed by atoms with Crippen LogP contribution in [0.25, 0.3) is 0 Å². The minimum absolute atomic E-state index is 0.0180. The summed E-state index contributed by atoms with van der Waals surface area (Å²) in [6, 6.07) is 0. The molecular formula is C10H13FN2O3. The number of halogens is 1. The standard InChI is InChI=1S/C10H13FN2O3/c1-3-16-9(14)8(11)10(2,15)7-6-12-4-5-13-7/h4-6,8,15H,3H2,1-2H3. The summed E-state index contributed by atoms with van der Waals surface area (Å²) in [4.78, 5) is 18.6. The van der Waals surface area contributed by atoms with Gasteiger partial charge in [0.15, 0.2) is 0 Å². The van der Waals surface area contributed by atoms with Crippen molar-refractivity contribution >= 4 is 5.97 Å². The number of rotatable bonds is 4. The highest BCUT2D eigenvalue weighted by Crippen LogP contribution is 2.25. The Balaban J connectivity index is 2.89. The van der Waals surface area contributed by atoms with Crippen LogP contribution in [0.3, 0.4) is 0 Å². The number of hydrogen-bond donors (Lipinski definition) is 1. The van der Waals surface area contributed by atoms with E-state index in [1.54, 1.807) is 6.92 Å². The first-order valence-electron chi connectivity index (χ1n) is 4.79. The van der Waals surface area contributed by atoms with Crippen molar-refractivity contribution in [2.75, 3.05) is 6.61 Å². The van der Waals surface area contributed by atoms with E-state index in [0.29, 0.717) is 0 Å². The maximum atomic E-state index is 13.7. The van der Waals surface area contributed by atoms with Gasteiger partial charge < -0.3 is 9.84 Å². The third-order valence-electron chi connectivity index (χ3n) is 2.07. The van der Waals surface area contributed by atoms with Gasteiger partial charge in [-0.25, -0.2) is 9.18 Å². The minimum Gasteiger partial charge on any atom is -0.464 e. The number of aromatic nitrogens is 2. The average Bonchev–Trinajstić information content (AvgIpc) is 2.29. The van der Waals surface area contributed by atoms with Crippen molar-refractivity contribution in [1.82, 2.24) is 9.97 Å². The van der Waals surface area contributed by atoms with E-state index in [0.717, 1.165) is 6.92 Å². The summed E-state index contributed by atoms with van der Waals surface area (Å²) in [6.45, 7) is 2.76. The van der Waals surface area contributed by atoms with E-state index in [9.17, 15) is 14.3 Å². The lowest BCUT2D eigenvalue weighted by Crippen LogP contribution is -2.41. The number of hydrogen-bond acceptors (Lipinski definition) is 5. The quantitative estimate of drug-likeness (QED) is 0.763. The second kappa shape index (κ2) is 4.98. The third-order valence-corrected chi connectivity index (χ3v) is 2.07. The van der Waals surface area contributed by atoms with Crippen LogP contribution in [-0.4, -0.2) is 33.8 Å². The van der Waals surface area contributed by atoms with E-state index in [-0.39, 0.29) is 12.3 Å². The summed E-state index contributed by atoms with van der Waals surface area (Å²) in [5, 5.41) is 9.87. The number of nitrogens with zero attached hydrogens (tertiary/aromatic N) is 2. The minimum atomic E-state index is -2.19. The molecule has 0 aliphatic heterocycles. The Labute approximate surface area is 92.3 Å². The molecule has 0 saturated heterocycles. The van der Waals surface area contributed by atoms with E-state index >= 15 is 0 Å². The van der Waals surface area contributed by atoms with Gasteiger partial charge in [-0.05, 0) is 13.8 Å². The Morgan fingerprint density at radius 3 is 2.88 bits per heavy atom. The largest absolute Gasteiger partial charge is 0.464 e. The lowest BCUT2D eigenvalue weighted by atomic mass is 9.96. The van der Waals surface area contributed by atoms with Crippen LogP contribution in [0.4, 0.5) is 4.39 Å². The van der Waals surface area contributed by atoms with E-state index in [1.165, 1.54) is 18.6 Å². The maximum absolute atomic E-state index is 13.7. The monoisotopic (exact) mass is 228 g/mol. The zero-order valence-electron chi connectivity index (χ0n) is 9.05. The predicted molar refractivity (Wildman–Crippen MR) is 53.1 cm³/mol. The summed E-state index contributed by atoms with van der Waals surface area (Å²) in [6.07, 6.45) is 1.70. The van der Waals surface area contributed by atoms with Gasteiger partial charge >= 0.3 is 5.97 Å². The van der Waals surface area contributed by atoms with Crippen LogP contribution in [-0.2, 0) is 15.1 Å². The molecule has 0 aromatic carbocycles. The molecule has 0 amide bonds. The van der Waals surface area contributed by atoms with Crippen molar-refractivity contribution in [2.24, 2.45) is 0 Å². The number of carbonyl (C=O) groups excluding carboxylic acids is 1. The molecule has 0 saturated carbocycles. The van der Waals surface area contributed by atoms with Crippen molar-refractivity contribution < 1.29 is 19.0 Å². The molecule has 1 heterocycles. The normalized spacial score (nSPS) is 16.2. The zero-order valence-corrected chi connectivity index (χ0v) is 9.05. The van der Waals surface area contributed by atoms with Crippen LogP contribution in [0.1, 0.15) is 19.5 Å². The van der Waals surface area contributed by atoms with Gasteiger partial charge in [-0.2, -0.15) is 0 Å². The molecule has 1 rings (SSSR count). The fourth-order valence-electron chi connectivity index (χ4n) is 1.14. The van der Waals surface area contributed by atoms with E-state index < -0.39 is 17.7 Å². The van der Waals surface area contributed by atoms with Crippen molar-refractivity contribution in [3.63, 3.8) is 0 Å². The van der Waals surface area contributed by atoms with E-state index in [4.69, 9.17) is 0 Å². The van der Waals surface area contributed by atoms with Crippen LogP contribution in [0.5, 0.6) is 0 Å². The third kappa shape index (κ3) is 2.52. The average molecular weight is 228 g/mol. The molecule has 0 fully saturated rings. The first-order chi connectivity index (χ1) is 7.50. The first kappa shape index (κ1) is 12.5. The van der Waals surface area contributed by atoms with E-state index in [1.807, 2.05) is 0 Å². The Bertz CT molecular complexity index is 356. The number of esters is 1. The topological polar surface area (TPSA) is 72.3 Å². The molecule has 88 valence electrons. The zero-order chi connectivity index (χ0) is 12.2. The van der Waals surface area contributed by atoms with Gasteiger partial charge in [0.05, 0.1) is 18.5 Å². The fraction of sp³-hybridized carbons (Fsp3) is 0.500. The SMILES string of the molecule is CCOC(=O)C(F)C(C)(O)c1cnccn1. The molecule has 0 radical (unpaired) electrons. The number of alkyl halides is 1. The van der Waals surface area contributed by atoms with Gasteiger partial charge in [-0.15, -0.1) is 0 Å². The van der Waals surface area contributed by atoms with E-state index in [2.05, 4.69) is 14.7 Å². The summed E-state index contributed by atoms with van der Waals surface area (Å²) in [7, 11) is 0. The van der Waals surface area contributed by atoms with Crippen LogP contribution >= 0.6 is 0 Å². The molecule has 1 N–H and O–H groups in total. The number of aliphatic hydroxyl groups is 1. The fourth-order valence-corrected chi connectivity index (χ4v) is 1.14. The predicted octanol–water partition coefficient (Wildman–Crippen LogP) is 0.585. The summed E-state index contributed by atoms with van der Waals surface area (Å²) in [5.41, 5.74) is -2.06. The molecule has 5 nitrogen and oxygen atoms in total. The second-order valence-corrected chi connectivity index (χ2v) is 3.35. The smallest absolute Gasteiger partial charge is 0.344 e. The van der Waals surface area contributed by atoms with Gasteiger partial charge in [0.25, 0.3) is 0 Å². The van der Waals surface area contributed by atoms with Crippen molar-refractivity contribution in [3.05, 3.63) is 24.3 Å². The molecule has 16 heavy (non-hydrogen) atoms. The molecule has 2 unspecified atom stereocenters. The van der Waals surface area contributed by atoms with Gasteiger partial charge in [0.2, 0.25) is 6.17 Å². The number of carbonyl (C=O) groups is 1. The molecule has 0 aliphatic carbocycles. The summed E-state index contributed by atoms with van der Waals surface area (Å²) < 4.78 is 18.1. The molecule has 1 aromatic rings. The van der Waals surface area contributed by atoms with Crippen LogP contribution in [0.2, 0.25) is 0 Å². The Morgan fingerprint density at radius 1 is 1.69 bits per heavy atom. The summed E-state index contributed by atoms with van der Waals surface area (Å²) >= 11 is 0. The highest BCUT2D eigenvalue weighted by atomic mass is 19.1. The number of ether oxygens (including phenoxy) is 1. The Hall–Kier alpha value is -1.56. The van der Waals surface area contributed by atoms with Crippen molar-refractivity contribution in [2.45, 2.75) is 25.6 Å². The highest BCUT2D eigenvalue weighted by molar-refractivity contribution is 5.76. The second-order valence-electron chi connectivity index (χ2n) is 3.35. The maximum Gasteiger partial charge on any atom is 0.344 e. The van der Waals surface area contributed by atoms with Crippen LogP contribution < -0.4 is 0 Å². The lowest BCUT2D eigenvalue weighted by Gasteiger charge is -2.24. The van der Waals surface area contributed by atoms with Crippen LogP contribution in [0, 0.1) is 0 Å². The highest BCUT2D eigenvalue weighted by Gasteiger charge is 2.41. The molecule has 0 aliphatic rings. The van der Waals surface area contributed by atoms with Crippen LogP contribution in [0.15, 0.2) is 18.6 Å². The Morgan fingerprint density at radius 2 is 2.38 bits per heavy atom. The molecule has 1 aromatic heterocycles. The lowest BCUT2D eigenvalue weighted by molar-refractivity contribution is -0.160. The van der Waals surface area contributed by atoms with Gasteiger partial charge in [0.1, 0.15) is 5.60 Å². The molecule has 2 atom stereocenters. The van der Waals surface area contributed by atoms with Gasteiger partial charge in [-0.3, -0.25) is 9.97 Å². The molecule has 6 heteroatoms. The molecular weight excluding hydrogens is 215 g/mol. The van der Waals surface area contributed by atoms with Crippen molar-refractivity contribution in [3.8, 4) is 0 Å². The van der Waals surface area contributed by atoms with Crippen molar-refractivity contribution in [1.29, 1.82) is 0 Å². The summed E-state index contributed by atoms with van der Waals surface area (Å²) in [5.74, 6) is -1.11. The Kier molecular flexibility index (Phi) is 3.89. The van der Waals surface area contributed by atoms with Gasteiger partial charge in [-0.1, -0.05) is 0 Å².